The zero-order valence-corrected chi connectivity index (χ0v) is 10.2. The van der Waals surface area contributed by atoms with E-state index in [-0.39, 0.29) is 24.4 Å². The van der Waals surface area contributed by atoms with Gasteiger partial charge in [0.25, 0.3) is 0 Å². The fraction of sp³-hybridized carbons (Fsp3) is 0.462. The van der Waals surface area contributed by atoms with Crippen molar-refractivity contribution in [2.75, 3.05) is 6.54 Å². The molecule has 0 saturated heterocycles. The SMILES string of the molecule is CCCCC(=O)NCCc1ccc(F)c(F)c1F. The van der Waals surface area contributed by atoms with Crippen molar-refractivity contribution in [1.29, 1.82) is 0 Å². The summed E-state index contributed by atoms with van der Waals surface area (Å²) in [6.07, 6.45) is 2.29. The van der Waals surface area contributed by atoms with E-state index in [9.17, 15) is 18.0 Å². The Hall–Kier alpha value is -1.52. The number of benzene rings is 1. The van der Waals surface area contributed by atoms with Crippen LogP contribution in [0.25, 0.3) is 0 Å². The summed E-state index contributed by atoms with van der Waals surface area (Å²) in [6, 6.07) is 2.07. The molecule has 0 aliphatic heterocycles. The van der Waals surface area contributed by atoms with Gasteiger partial charge in [0.05, 0.1) is 0 Å². The third-order valence-corrected chi connectivity index (χ3v) is 2.59. The first-order chi connectivity index (χ1) is 8.56. The molecule has 0 spiro atoms. The molecule has 0 heterocycles. The van der Waals surface area contributed by atoms with Crippen molar-refractivity contribution in [2.24, 2.45) is 0 Å². The van der Waals surface area contributed by atoms with Crippen LogP contribution in [-0.4, -0.2) is 12.5 Å². The number of hydrogen-bond acceptors (Lipinski definition) is 1. The first kappa shape index (κ1) is 14.5. The highest BCUT2D eigenvalue weighted by Gasteiger charge is 2.12. The van der Waals surface area contributed by atoms with E-state index in [4.69, 9.17) is 0 Å². The zero-order chi connectivity index (χ0) is 13.5. The molecule has 0 aliphatic carbocycles. The molecular formula is C13H16F3NO. The number of carbonyl (C=O) groups is 1. The number of unbranched alkanes of at least 4 members (excludes halogenated alkanes) is 1. The lowest BCUT2D eigenvalue weighted by Gasteiger charge is -2.06. The molecule has 0 aromatic heterocycles. The van der Waals surface area contributed by atoms with E-state index in [1.807, 2.05) is 6.92 Å². The Morgan fingerprint density at radius 2 is 1.94 bits per heavy atom. The van der Waals surface area contributed by atoms with Gasteiger partial charge in [-0.2, -0.15) is 0 Å². The van der Waals surface area contributed by atoms with Crippen LogP contribution in [0.2, 0.25) is 0 Å². The number of carbonyl (C=O) groups excluding carboxylic acids is 1. The number of halogens is 3. The summed E-state index contributed by atoms with van der Waals surface area (Å²) < 4.78 is 38.8. The van der Waals surface area contributed by atoms with Gasteiger partial charge in [-0.25, -0.2) is 13.2 Å². The quantitative estimate of drug-likeness (QED) is 0.782. The van der Waals surface area contributed by atoms with Gasteiger partial charge in [0, 0.05) is 13.0 Å². The molecule has 0 saturated carbocycles. The van der Waals surface area contributed by atoms with Crippen LogP contribution in [0.3, 0.4) is 0 Å². The lowest BCUT2D eigenvalue weighted by molar-refractivity contribution is -0.121. The average molecular weight is 259 g/mol. The van der Waals surface area contributed by atoms with Gasteiger partial charge in [-0.05, 0) is 24.5 Å². The summed E-state index contributed by atoms with van der Waals surface area (Å²) in [5.41, 5.74) is 0.0599. The third-order valence-electron chi connectivity index (χ3n) is 2.59. The van der Waals surface area contributed by atoms with Gasteiger partial charge in [-0.1, -0.05) is 19.4 Å². The molecule has 5 heteroatoms. The smallest absolute Gasteiger partial charge is 0.220 e. The van der Waals surface area contributed by atoms with E-state index in [0.29, 0.717) is 6.42 Å². The van der Waals surface area contributed by atoms with Crippen molar-refractivity contribution in [3.63, 3.8) is 0 Å². The summed E-state index contributed by atoms with van der Waals surface area (Å²) in [6.45, 7) is 2.19. The van der Waals surface area contributed by atoms with E-state index in [0.717, 1.165) is 18.9 Å². The van der Waals surface area contributed by atoms with Gasteiger partial charge < -0.3 is 5.32 Å². The maximum atomic E-state index is 13.3. The minimum atomic E-state index is -1.47. The average Bonchev–Trinajstić information content (AvgIpc) is 2.36. The van der Waals surface area contributed by atoms with E-state index in [1.54, 1.807) is 0 Å². The lowest BCUT2D eigenvalue weighted by atomic mass is 10.1. The Kier molecular flexibility index (Phi) is 5.68. The van der Waals surface area contributed by atoms with Crippen molar-refractivity contribution < 1.29 is 18.0 Å². The first-order valence-electron chi connectivity index (χ1n) is 5.95. The number of nitrogens with one attached hydrogen (secondary N) is 1. The highest BCUT2D eigenvalue weighted by molar-refractivity contribution is 5.75. The molecule has 1 aromatic rings. The lowest BCUT2D eigenvalue weighted by Crippen LogP contribution is -2.25. The van der Waals surface area contributed by atoms with Crippen LogP contribution >= 0.6 is 0 Å². The Morgan fingerprint density at radius 3 is 2.61 bits per heavy atom. The standard InChI is InChI=1S/C13H16F3NO/c1-2-3-4-11(18)17-8-7-9-5-6-10(14)13(16)12(9)15/h5-6H,2-4,7-8H2,1H3,(H,17,18). The summed E-state index contributed by atoms with van der Waals surface area (Å²) in [7, 11) is 0. The zero-order valence-electron chi connectivity index (χ0n) is 10.2. The maximum Gasteiger partial charge on any atom is 0.220 e. The Morgan fingerprint density at radius 1 is 1.22 bits per heavy atom. The highest BCUT2D eigenvalue weighted by atomic mass is 19.2. The number of hydrogen-bond donors (Lipinski definition) is 1. The van der Waals surface area contributed by atoms with Crippen LogP contribution in [0.1, 0.15) is 31.7 Å². The predicted molar refractivity (Wildman–Crippen MR) is 62.6 cm³/mol. The van der Waals surface area contributed by atoms with E-state index in [1.165, 1.54) is 6.07 Å². The minimum absolute atomic E-state index is 0.0599. The fourth-order valence-electron chi connectivity index (χ4n) is 1.52. The molecule has 0 unspecified atom stereocenters. The van der Waals surface area contributed by atoms with Gasteiger partial charge in [-0.3, -0.25) is 4.79 Å². The summed E-state index contributed by atoms with van der Waals surface area (Å²) in [4.78, 5) is 11.3. The monoisotopic (exact) mass is 259 g/mol. The van der Waals surface area contributed by atoms with Gasteiger partial charge in [0.15, 0.2) is 17.5 Å². The topological polar surface area (TPSA) is 29.1 Å². The minimum Gasteiger partial charge on any atom is -0.356 e. The van der Waals surface area contributed by atoms with Crippen LogP contribution in [0.15, 0.2) is 12.1 Å². The molecule has 18 heavy (non-hydrogen) atoms. The molecule has 1 aromatic carbocycles. The molecule has 100 valence electrons. The summed E-state index contributed by atoms with van der Waals surface area (Å²) >= 11 is 0. The second-order valence-corrected chi connectivity index (χ2v) is 4.04. The Bertz CT molecular complexity index is 421. The largest absolute Gasteiger partial charge is 0.356 e. The molecular weight excluding hydrogens is 243 g/mol. The Balaban J connectivity index is 2.45. The van der Waals surface area contributed by atoms with Gasteiger partial charge >= 0.3 is 0 Å². The van der Waals surface area contributed by atoms with Crippen molar-refractivity contribution in [3.8, 4) is 0 Å². The fourth-order valence-corrected chi connectivity index (χ4v) is 1.52. The van der Waals surface area contributed by atoms with Crippen molar-refractivity contribution in [3.05, 3.63) is 35.1 Å². The van der Waals surface area contributed by atoms with E-state index >= 15 is 0 Å². The normalized spacial score (nSPS) is 10.4. The maximum absolute atomic E-state index is 13.3. The summed E-state index contributed by atoms with van der Waals surface area (Å²) in [5.74, 6) is -3.97. The van der Waals surface area contributed by atoms with Crippen LogP contribution in [0, 0.1) is 17.5 Å². The Labute approximate surface area is 104 Å². The predicted octanol–water partition coefficient (Wildman–Crippen LogP) is 2.95. The second-order valence-electron chi connectivity index (χ2n) is 4.04. The molecule has 0 atom stereocenters. The molecule has 1 rings (SSSR count). The molecule has 0 radical (unpaired) electrons. The molecule has 1 N–H and O–H groups in total. The van der Waals surface area contributed by atoms with Crippen LogP contribution in [0.5, 0.6) is 0 Å². The molecule has 0 aliphatic rings. The molecule has 2 nitrogen and oxygen atoms in total. The number of rotatable bonds is 6. The van der Waals surface area contributed by atoms with Gasteiger partial charge in [0.1, 0.15) is 0 Å². The molecule has 0 fully saturated rings. The molecule has 0 bridgehead atoms. The van der Waals surface area contributed by atoms with E-state index < -0.39 is 17.5 Å². The van der Waals surface area contributed by atoms with Crippen LogP contribution in [-0.2, 0) is 11.2 Å². The van der Waals surface area contributed by atoms with Crippen molar-refractivity contribution in [1.82, 2.24) is 5.32 Å². The summed E-state index contributed by atoms with van der Waals surface area (Å²) in [5, 5.41) is 2.61. The van der Waals surface area contributed by atoms with Crippen molar-refractivity contribution in [2.45, 2.75) is 32.6 Å². The number of amides is 1. The van der Waals surface area contributed by atoms with Gasteiger partial charge in [-0.15, -0.1) is 0 Å². The second kappa shape index (κ2) is 7.03. The first-order valence-corrected chi connectivity index (χ1v) is 5.95. The highest BCUT2D eigenvalue weighted by Crippen LogP contribution is 2.15. The molecule has 1 amide bonds. The van der Waals surface area contributed by atoms with E-state index in [2.05, 4.69) is 5.32 Å². The van der Waals surface area contributed by atoms with Gasteiger partial charge in [0.2, 0.25) is 5.91 Å². The van der Waals surface area contributed by atoms with Crippen LogP contribution < -0.4 is 5.32 Å². The van der Waals surface area contributed by atoms with Crippen molar-refractivity contribution >= 4 is 5.91 Å². The third kappa shape index (κ3) is 4.05. The van der Waals surface area contributed by atoms with Crippen LogP contribution in [0.4, 0.5) is 13.2 Å².